The molecule has 1 amide bonds. The maximum absolute atomic E-state index is 11.5. The zero-order valence-electron chi connectivity index (χ0n) is 10.1. The van der Waals surface area contributed by atoms with E-state index < -0.39 is 0 Å². The second-order valence-corrected chi connectivity index (χ2v) is 4.13. The quantitative estimate of drug-likeness (QED) is 0.666. The van der Waals surface area contributed by atoms with Crippen LogP contribution in [0.3, 0.4) is 0 Å². The molecule has 0 aliphatic heterocycles. The Morgan fingerprint density at radius 2 is 2.22 bits per heavy atom. The van der Waals surface area contributed by atoms with Crippen molar-refractivity contribution in [3.63, 3.8) is 0 Å². The molecule has 3 N–H and O–H groups in total. The van der Waals surface area contributed by atoms with Crippen LogP contribution in [-0.4, -0.2) is 34.1 Å². The summed E-state index contributed by atoms with van der Waals surface area (Å²) in [4.78, 5) is 19.1. The molecule has 0 bridgehead atoms. The lowest BCUT2D eigenvalue weighted by molar-refractivity contribution is -0.121. The van der Waals surface area contributed by atoms with E-state index in [1.807, 2.05) is 24.3 Å². The van der Waals surface area contributed by atoms with E-state index in [9.17, 15) is 4.79 Å². The Bertz CT molecular complexity index is 489. The number of hydrogen-bond donors (Lipinski definition) is 3. The van der Waals surface area contributed by atoms with Gasteiger partial charge in [-0.3, -0.25) is 4.79 Å². The molecular weight excluding hydrogens is 230 g/mol. The summed E-state index contributed by atoms with van der Waals surface area (Å²) < 4.78 is 0. The molecule has 0 aliphatic carbocycles. The normalized spacial score (nSPS) is 10.7. The standard InChI is InChI=1S/C13H17N3O2/c17-9-3-8-14-13(18)7-6-12-15-10-4-1-2-5-11(10)16-12/h1-2,4-5,17H,3,6-9H2,(H,14,18)(H,15,16). The number of rotatable bonds is 6. The Labute approximate surface area is 105 Å². The number of aliphatic hydroxyl groups is 1. The van der Waals surface area contributed by atoms with Crippen LogP contribution in [0.25, 0.3) is 11.0 Å². The van der Waals surface area contributed by atoms with Crippen molar-refractivity contribution in [2.24, 2.45) is 0 Å². The summed E-state index contributed by atoms with van der Waals surface area (Å²) in [5.74, 6) is 0.817. The molecule has 0 aliphatic rings. The molecule has 0 spiro atoms. The third kappa shape index (κ3) is 3.30. The summed E-state index contributed by atoms with van der Waals surface area (Å²) >= 11 is 0. The van der Waals surface area contributed by atoms with Gasteiger partial charge >= 0.3 is 0 Å². The summed E-state index contributed by atoms with van der Waals surface area (Å²) in [6.07, 6.45) is 1.60. The number of benzene rings is 1. The number of hydrogen-bond acceptors (Lipinski definition) is 3. The highest BCUT2D eigenvalue weighted by Gasteiger charge is 2.05. The predicted octanol–water partition coefficient (Wildman–Crippen LogP) is 0.994. The van der Waals surface area contributed by atoms with Gasteiger partial charge in [0, 0.05) is 26.0 Å². The molecule has 5 nitrogen and oxygen atoms in total. The van der Waals surface area contributed by atoms with Crippen LogP contribution in [0.5, 0.6) is 0 Å². The van der Waals surface area contributed by atoms with Crippen LogP contribution in [0.15, 0.2) is 24.3 Å². The predicted molar refractivity (Wildman–Crippen MR) is 69.1 cm³/mol. The van der Waals surface area contributed by atoms with E-state index in [1.54, 1.807) is 0 Å². The lowest BCUT2D eigenvalue weighted by Crippen LogP contribution is -2.25. The molecule has 0 atom stereocenters. The topological polar surface area (TPSA) is 78.0 Å². The number of fused-ring (bicyclic) bond motifs is 1. The fourth-order valence-electron chi connectivity index (χ4n) is 1.75. The summed E-state index contributed by atoms with van der Waals surface area (Å²) in [5, 5.41) is 11.3. The van der Waals surface area contributed by atoms with E-state index in [0.29, 0.717) is 25.8 Å². The number of imidazole rings is 1. The molecule has 2 aromatic rings. The fraction of sp³-hybridized carbons (Fsp3) is 0.385. The largest absolute Gasteiger partial charge is 0.396 e. The smallest absolute Gasteiger partial charge is 0.220 e. The number of nitrogens with one attached hydrogen (secondary N) is 2. The number of carbonyl (C=O) groups excluding carboxylic acids is 1. The van der Waals surface area contributed by atoms with Crippen molar-refractivity contribution in [2.45, 2.75) is 19.3 Å². The second kappa shape index (κ2) is 6.16. The van der Waals surface area contributed by atoms with Crippen LogP contribution in [0.1, 0.15) is 18.7 Å². The van der Waals surface area contributed by atoms with Gasteiger partial charge in [0.1, 0.15) is 5.82 Å². The lowest BCUT2D eigenvalue weighted by Gasteiger charge is -2.02. The van der Waals surface area contributed by atoms with Crippen LogP contribution in [0, 0.1) is 0 Å². The molecule has 96 valence electrons. The number of aliphatic hydroxyl groups excluding tert-OH is 1. The highest BCUT2D eigenvalue weighted by Crippen LogP contribution is 2.11. The summed E-state index contributed by atoms with van der Waals surface area (Å²) in [6, 6.07) is 7.80. The number of aromatic amines is 1. The first-order valence-corrected chi connectivity index (χ1v) is 6.11. The maximum atomic E-state index is 11.5. The monoisotopic (exact) mass is 247 g/mol. The molecular formula is C13H17N3O2. The first-order chi connectivity index (χ1) is 8.79. The average Bonchev–Trinajstić information content (AvgIpc) is 2.79. The zero-order valence-corrected chi connectivity index (χ0v) is 10.1. The van der Waals surface area contributed by atoms with Crippen molar-refractivity contribution in [1.82, 2.24) is 15.3 Å². The highest BCUT2D eigenvalue weighted by molar-refractivity contribution is 5.77. The molecule has 1 aromatic heterocycles. The SMILES string of the molecule is O=C(CCc1nc2ccccc2[nH]1)NCCCO. The first-order valence-electron chi connectivity index (χ1n) is 6.11. The first kappa shape index (κ1) is 12.6. The maximum Gasteiger partial charge on any atom is 0.220 e. The van der Waals surface area contributed by atoms with Crippen molar-refractivity contribution >= 4 is 16.9 Å². The van der Waals surface area contributed by atoms with Crippen molar-refractivity contribution in [3.8, 4) is 0 Å². The van der Waals surface area contributed by atoms with Crippen LogP contribution < -0.4 is 5.32 Å². The lowest BCUT2D eigenvalue weighted by atomic mass is 10.3. The number of aromatic nitrogens is 2. The number of carbonyl (C=O) groups is 1. The molecule has 1 aromatic carbocycles. The van der Waals surface area contributed by atoms with Gasteiger partial charge < -0.3 is 15.4 Å². The number of amides is 1. The molecule has 0 radical (unpaired) electrons. The Morgan fingerprint density at radius 3 is 3.00 bits per heavy atom. The molecule has 2 rings (SSSR count). The van der Waals surface area contributed by atoms with E-state index in [1.165, 1.54) is 0 Å². The fourth-order valence-corrected chi connectivity index (χ4v) is 1.75. The van der Waals surface area contributed by atoms with Crippen LogP contribution in [-0.2, 0) is 11.2 Å². The van der Waals surface area contributed by atoms with E-state index in [-0.39, 0.29) is 12.5 Å². The number of nitrogens with zero attached hydrogens (tertiary/aromatic N) is 1. The van der Waals surface area contributed by atoms with E-state index in [0.717, 1.165) is 16.9 Å². The van der Waals surface area contributed by atoms with Crippen molar-refractivity contribution < 1.29 is 9.90 Å². The summed E-state index contributed by atoms with van der Waals surface area (Å²) in [7, 11) is 0. The number of para-hydroxylation sites is 2. The summed E-state index contributed by atoms with van der Waals surface area (Å²) in [5.41, 5.74) is 1.92. The third-order valence-electron chi connectivity index (χ3n) is 2.68. The van der Waals surface area contributed by atoms with Gasteiger partial charge in [-0.1, -0.05) is 12.1 Å². The molecule has 1 heterocycles. The van der Waals surface area contributed by atoms with Crippen molar-refractivity contribution in [1.29, 1.82) is 0 Å². The molecule has 5 heteroatoms. The Hall–Kier alpha value is -1.88. The van der Waals surface area contributed by atoms with Crippen LogP contribution in [0.4, 0.5) is 0 Å². The van der Waals surface area contributed by atoms with Crippen molar-refractivity contribution in [2.75, 3.05) is 13.2 Å². The van der Waals surface area contributed by atoms with E-state index in [4.69, 9.17) is 5.11 Å². The Kier molecular flexibility index (Phi) is 4.30. The van der Waals surface area contributed by atoms with Gasteiger partial charge in [-0.25, -0.2) is 4.98 Å². The zero-order chi connectivity index (χ0) is 12.8. The molecule has 18 heavy (non-hydrogen) atoms. The van der Waals surface area contributed by atoms with Crippen LogP contribution >= 0.6 is 0 Å². The second-order valence-electron chi connectivity index (χ2n) is 4.13. The van der Waals surface area contributed by atoms with Gasteiger partial charge in [-0.15, -0.1) is 0 Å². The molecule has 0 saturated carbocycles. The Morgan fingerprint density at radius 1 is 1.39 bits per heavy atom. The van der Waals surface area contributed by atoms with Crippen LogP contribution in [0.2, 0.25) is 0 Å². The van der Waals surface area contributed by atoms with E-state index >= 15 is 0 Å². The summed E-state index contributed by atoms with van der Waals surface area (Å²) in [6.45, 7) is 0.624. The third-order valence-corrected chi connectivity index (χ3v) is 2.68. The minimum absolute atomic E-state index is 0.0103. The van der Waals surface area contributed by atoms with Gasteiger partial charge in [0.2, 0.25) is 5.91 Å². The molecule has 0 saturated heterocycles. The minimum Gasteiger partial charge on any atom is -0.396 e. The van der Waals surface area contributed by atoms with Gasteiger partial charge in [-0.05, 0) is 18.6 Å². The van der Waals surface area contributed by atoms with Crippen molar-refractivity contribution in [3.05, 3.63) is 30.1 Å². The molecule has 0 unspecified atom stereocenters. The molecule has 0 fully saturated rings. The Balaban J connectivity index is 1.84. The minimum atomic E-state index is -0.0103. The highest BCUT2D eigenvalue weighted by atomic mass is 16.3. The number of aryl methyl sites for hydroxylation is 1. The van der Waals surface area contributed by atoms with Gasteiger partial charge in [0.25, 0.3) is 0 Å². The van der Waals surface area contributed by atoms with E-state index in [2.05, 4.69) is 15.3 Å². The number of H-pyrrole nitrogens is 1. The van der Waals surface area contributed by atoms with Gasteiger partial charge in [0.05, 0.1) is 11.0 Å². The van der Waals surface area contributed by atoms with Gasteiger partial charge in [-0.2, -0.15) is 0 Å². The average molecular weight is 247 g/mol. The van der Waals surface area contributed by atoms with Gasteiger partial charge in [0.15, 0.2) is 0 Å².